The number of aryl methyl sites for hydroxylation is 2. The maximum Gasteiger partial charge on any atom is 0.291 e. The van der Waals surface area contributed by atoms with Crippen LogP contribution in [0, 0.1) is 19.7 Å². The van der Waals surface area contributed by atoms with Crippen molar-refractivity contribution in [1.29, 1.82) is 0 Å². The number of halogens is 2. The van der Waals surface area contributed by atoms with Crippen LogP contribution in [0.1, 0.15) is 52.8 Å². The molecular weight excluding hydrogens is 393 g/mol. The molecule has 2 aromatic carbocycles. The number of furan rings is 1. The lowest BCUT2D eigenvalue weighted by Gasteiger charge is -2.15. The number of nitrogens with one attached hydrogen (secondary N) is 1. The summed E-state index contributed by atoms with van der Waals surface area (Å²) in [5, 5.41) is 3.22. The van der Waals surface area contributed by atoms with Crippen molar-refractivity contribution in [1.82, 2.24) is 0 Å². The summed E-state index contributed by atoms with van der Waals surface area (Å²) in [6.07, 6.45) is 0. The number of hydrogen-bond acceptors (Lipinski definition) is 3. The fraction of sp³-hybridized carbons (Fsp3) is 0.261. The van der Waals surface area contributed by atoms with Gasteiger partial charge in [-0.3, -0.25) is 4.79 Å². The van der Waals surface area contributed by atoms with Gasteiger partial charge >= 0.3 is 0 Å². The van der Waals surface area contributed by atoms with E-state index in [0.29, 0.717) is 10.8 Å². The summed E-state index contributed by atoms with van der Waals surface area (Å²) in [5.41, 5.74) is 2.88. The van der Waals surface area contributed by atoms with Gasteiger partial charge in [-0.1, -0.05) is 31.5 Å². The Balaban J connectivity index is 1.70. The zero-order chi connectivity index (χ0) is 21.1. The van der Waals surface area contributed by atoms with Crippen molar-refractivity contribution in [2.75, 3.05) is 5.32 Å². The minimum absolute atomic E-state index is 0.0841. The minimum atomic E-state index is -0.522. The first-order valence-corrected chi connectivity index (χ1v) is 9.71. The van der Waals surface area contributed by atoms with E-state index in [0.717, 1.165) is 22.4 Å². The smallest absolute Gasteiger partial charge is 0.291 e. The third-order valence-electron chi connectivity index (χ3n) is 4.54. The van der Waals surface area contributed by atoms with Gasteiger partial charge in [0.15, 0.2) is 5.76 Å². The molecule has 6 heteroatoms. The first kappa shape index (κ1) is 20.9. The number of benzene rings is 2. The SMILES string of the molecule is Cc1ccc(F)c(NC(=O)c2ccc(COc3cc(C)c(Cl)cc3C(C)C)o2)c1. The standard InChI is InChI=1S/C23H23ClFNO3/c1-13(2)17-11-18(24)15(4)10-22(17)28-12-16-6-8-21(29-16)23(27)26-20-9-14(3)5-7-19(20)25/h5-11,13H,12H2,1-4H3,(H,26,27). The van der Waals surface area contributed by atoms with Crippen molar-refractivity contribution in [3.8, 4) is 5.75 Å². The van der Waals surface area contributed by atoms with Gasteiger partial charge < -0.3 is 14.5 Å². The molecule has 0 radical (unpaired) electrons. The molecule has 0 fully saturated rings. The molecule has 0 aliphatic heterocycles. The normalized spacial score (nSPS) is 11.0. The van der Waals surface area contributed by atoms with E-state index in [1.165, 1.54) is 12.1 Å². The quantitative estimate of drug-likeness (QED) is 0.490. The highest BCUT2D eigenvalue weighted by molar-refractivity contribution is 6.31. The Labute approximate surface area is 174 Å². The molecular formula is C23H23ClFNO3. The van der Waals surface area contributed by atoms with Crippen LogP contribution in [0.3, 0.4) is 0 Å². The molecule has 0 saturated heterocycles. The number of amides is 1. The Morgan fingerprint density at radius 1 is 1.17 bits per heavy atom. The molecule has 0 spiro atoms. The fourth-order valence-electron chi connectivity index (χ4n) is 2.89. The van der Waals surface area contributed by atoms with Crippen molar-refractivity contribution in [3.05, 3.63) is 81.5 Å². The summed E-state index contributed by atoms with van der Waals surface area (Å²) in [6.45, 7) is 8.02. The largest absolute Gasteiger partial charge is 0.485 e. The van der Waals surface area contributed by atoms with Crippen molar-refractivity contribution in [3.63, 3.8) is 0 Å². The van der Waals surface area contributed by atoms with Gasteiger partial charge in [0.25, 0.3) is 5.91 Å². The topological polar surface area (TPSA) is 51.5 Å². The summed E-state index contributed by atoms with van der Waals surface area (Å²) in [7, 11) is 0. The van der Waals surface area contributed by atoms with Gasteiger partial charge in [-0.25, -0.2) is 4.39 Å². The van der Waals surface area contributed by atoms with Crippen LogP contribution in [0.2, 0.25) is 5.02 Å². The van der Waals surface area contributed by atoms with Crippen molar-refractivity contribution >= 4 is 23.2 Å². The van der Waals surface area contributed by atoms with Crippen molar-refractivity contribution < 1.29 is 18.3 Å². The summed E-state index contributed by atoms with van der Waals surface area (Å²) in [4.78, 5) is 12.4. The Kier molecular flexibility index (Phi) is 6.28. The first-order chi connectivity index (χ1) is 13.7. The van der Waals surface area contributed by atoms with E-state index in [-0.39, 0.29) is 24.0 Å². The van der Waals surface area contributed by atoms with Crippen LogP contribution in [0.25, 0.3) is 0 Å². The average molecular weight is 416 g/mol. The molecule has 0 atom stereocenters. The first-order valence-electron chi connectivity index (χ1n) is 9.33. The fourth-order valence-corrected chi connectivity index (χ4v) is 3.06. The van der Waals surface area contributed by atoms with Gasteiger partial charge in [-0.15, -0.1) is 0 Å². The highest BCUT2D eigenvalue weighted by Gasteiger charge is 2.15. The Morgan fingerprint density at radius 2 is 1.93 bits per heavy atom. The number of anilines is 1. The van der Waals surface area contributed by atoms with E-state index in [4.69, 9.17) is 20.8 Å². The molecule has 3 rings (SSSR count). The second-order valence-electron chi connectivity index (χ2n) is 7.29. The van der Waals surface area contributed by atoms with E-state index in [2.05, 4.69) is 19.2 Å². The second kappa shape index (κ2) is 8.70. The van der Waals surface area contributed by atoms with Gasteiger partial charge in [0.05, 0.1) is 5.69 Å². The molecule has 0 unspecified atom stereocenters. The minimum Gasteiger partial charge on any atom is -0.485 e. The van der Waals surface area contributed by atoms with E-state index >= 15 is 0 Å². The molecule has 0 aliphatic rings. The van der Waals surface area contributed by atoms with Crippen molar-refractivity contribution in [2.24, 2.45) is 0 Å². The number of rotatable bonds is 6. The highest BCUT2D eigenvalue weighted by atomic mass is 35.5. The molecule has 1 heterocycles. The van der Waals surface area contributed by atoms with Crippen molar-refractivity contribution in [2.45, 2.75) is 40.2 Å². The Hall–Kier alpha value is -2.79. The van der Waals surface area contributed by atoms with Crippen LogP contribution >= 0.6 is 11.6 Å². The number of carbonyl (C=O) groups excluding carboxylic acids is 1. The van der Waals surface area contributed by atoms with Crippen LogP contribution in [0.5, 0.6) is 5.75 Å². The predicted molar refractivity (Wildman–Crippen MR) is 112 cm³/mol. The maximum absolute atomic E-state index is 13.8. The molecule has 1 aromatic heterocycles. The zero-order valence-corrected chi connectivity index (χ0v) is 17.6. The van der Waals surface area contributed by atoms with E-state index in [1.807, 2.05) is 26.0 Å². The number of ether oxygens (including phenoxy) is 1. The maximum atomic E-state index is 13.8. The average Bonchev–Trinajstić information content (AvgIpc) is 3.14. The summed E-state index contributed by atoms with van der Waals surface area (Å²) >= 11 is 6.23. The van der Waals surface area contributed by atoms with E-state index in [1.54, 1.807) is 18.2 Å². The monoisotopic (exact) mass is 415 g/mol. The summed E-state index contributed by atoms with van der Waals surface area (Å²) < 4.78 is 25.3. The Morgan fingerprint density at radius 3 is 2.66 bits per heavy atom. The van der Waals surface area contributed by atoms with Crippen LogP contribution < -0.4 is 10.1 Å². The molecule has 4 nitrogen and oxygen atoms in total. The van der Waals surface area contributed by atoms with Gasteiger partial charge in [-0.05, 0) is 72.9 Å². The van der Waals surface area contributed by atoms with E-state index in [9.17, 15) is 9.18 Å². The number of hydrogen-bond donors (Lipinski definition) is 1. The molecule has 0 aliphatic carbocycles. The molecule has 1 amide bonds. The van der Waals surface area contributed by atoms with Crippen LogP contribution in [0.15, 0.2) is 46.9 Å². The second-order valence-corrected chi connectivity index (χ2v) is 7.69. The molecule has 0 bridgehead atoms. The molecule has 3 aromatic rings. The summed E-state index contributed by atoms with van der Waals surface area (Å²) in [6, 6.07) is 11.5. The lowest BCUT2D eigenvalue weighted by atomic mass is 10.0. The van der Waals surface area contributed by atoms with Gasteiger partial charge in [-0.2, -0.15) is 0 Å². The predicted octanol–water partition coefficient (Wildman–Crippen LogP) is 6.64. The highest BCUT2D eigenvalue weighted by Crippen LogP contribution is 2.32. The van der Waals surface area contributed by atoms with Crippen LogP contribution in [-0.2, 0) is 6.61 Å². The third-order valence-corrected chi connectivity index (χ3v) is 4.95. The lowest BCUT2D eigenvalue weighted by Crippen LogP contribution is -2.12. The van der Waals surface area contributed by atoms with Crippen LogP contribution in [0.4, 0.5) is 10.1 Å². The van der Waals surface area contributed by atoms with Crippen LogP contribution in [-0.4, -0.2) is 5.91 Å². The molecule has 1 N–H and O–H groups in total. The zero-order valence-electron chi connectivity index (χ0n) is 16.8. The van der Waals surface area contributed by atoms with Gasteiger partial charge in [0, 0.05) is 5.02 Å². The summed E-state index contributed by atoms with van der Waals surface area (Å²) in [5.74, 6) is 0.517. The molecule has 0 saturated carbocycles. The van der Waals surface area contributed by atoms with Gasteiger partial charge in [0.1, 0.15) is 23.9 Å². The molecule has 29 heavy (non-hydrogen) atoms. The number of carbonyl (C=O) groups is 1. The lowest BCUT2D eigenvalue weighted by molar-refractivity contribution is 0.0992. The third kappa shape index (κ3) is 4.98. The Bertz CT molecular complexity index is 1040. The van der Waals surface area contributed by atoms with E-state index < -0.39 is 11.7 Å². The molecule has 152 valence electrons. The van der Waals surface area contributed by atoms with Gasteiger partial charge in [0.2, 0.25) is 0 Å².